The smallest absolute Gasteiger partial charge is 0.287 e. The van der Waals surface area contributed by atoms with Gasteiger partial charge >= 0.3 is 0 Å². The van der Waals surface area contributed by atoms with Crippen molar-refractivity contribution in [1.29, 1.82) is 0 Å². The molecular formula is C16H14N6O3S. The fraction of sp³-hybridized carbons (Fsp3) is 0.125. The van der Waals surface area contributed by atoms with Crippen molar-refractivity contribution < 1.29 is 14.4 Å². The Morgan fingerprint density at radius 3 is 2.62 bits per heavy atom. The molecule has 0 aliphatic carbocycles. The van der Waals surface area contributed by atoms with E-state index in [4.69, 9.17) is 5.73 Å². The van der Waals surface area contributed by atoms with E-state index in [9.17, 15) is 14.4 Å². The zero-order valence-corrected chi connectivity index (χ0v) is 14.2. The molecule has 1 atom stereocenters. The number of aromatic nitrogens is 4. The Bertz CT molecular complexity index is 923. The molecule has 26 heavy (non-hydrogen) atoms. The maximum Gasteiger partial charge on any atom is 0.287 e. The van der Waals surface area contributed by atoms with E-state index in [1.165, 1.54) is 0 Å². The third-order valence-corrected chi connectivity index (χ3v) is 4.14. The minimum absolute atomic E-state index is 0.0648. The van der Waals surface area contributed by atoms with Crippen molar-refractivity contribution in [3.8, 4) is 11.3 Å². The van der Waals surface area contributed by atoms with Crippen LogP contribution in [0.3, 0.4) is 0 Å². The first kappa shape index (κ1) is 17.4. The molecule has 3 heterocycles. The van der Waals surface area contributed by atoms with Gasteiger partial charge < -0.3 is 16.0 Å². The Labute approximate surface area is 152 Å². The number of nitrogens with two attached hydrogens (primary N) is 1. The van der Waals surface area contributed by atoms with Crippen LogP contribution in [0.25, 0.3) is 11.3 Å². The first-order chi connectivity index (χ1) is 12.6. The summed E-state index contributed by atoms with van der Waals surface area (Å²) in [6.45, 7) is 0. The molecule has 0 saturated carbocycles. The average molecular weight is 370 g/mol. The molecule has 0 spiro atoms. The molecule has 3 aromatic heterocycles. The summed E-state index contributed by atoms with van der Waals surface area (Å²) in [5.74, 6) is -2.62. The number of nitrogens with one attached hydrogen (secondary N) is 2. The molecule has 3 rings (SSSR count). The first-order valence-electron chi connectivity index (χ1n) is 7.56. The monoisotopic (exact) mass is 370 g/mol. The number of amides is 2. The molecule has 3 aromatic rings. The lowest BCUT2D eigenvalue weighted by atomic mass is 10.1. The molecule has 10 heteroatoms. The number of hydrogen-bond acceptors (Lipinski definition) is 7. The van der Waals surface area contributed by atoms with Gasteiger partial charge in [-0.2, -0.15) is 8.75 Å². The number of ketones is 1. The van der Waals surface area contributed by atoms with E-state index in [0.717, 1.165) is 11.7 Å². The van der Waals surface area contributed by atoms with Crippen molar-refractivity contribution >= 4 is 29.3 Å². The number of H-pyrrole nitrogens is 1. The van der Waals surface area contributed by atoms with Gasteiger partial charge in [-0.1, -0.05) is 0 Å². The number of aromatic amines is 1. The van der Waals surface area contributed by atoms with Crippen molar-refractivity contribution in [2.75, 3.05) is 0 Å². The number of Topliss-reactive ketones (excluding diaryl/α,β-unsaturated/α-hetero) is 1. The number of primary amides is 1. The SMILES string of the molecule is NC(=O)C(=O)C(Cc1ccc[nH]1)NC(=O)c1nsnc1-c1ccncc1. The van der Waals surface area contributed by atoms with Crippen molar-refractivity contribution in [2.45, 2.75) is 12.5 Å². The molecule has 0 bridgehead atoms. The van der Waals surface area contributed by atoms with Gasteiger partial charge in [0, 0.05) is 36.3 Å². The van der Waals surface area contributed by atoms with E-state index in [1.54, 1.807) is 42.9 Å². The fourth-order valence-corrected chi connectivity index (χ4v) is 2.92. The van der Waals surface area contributed by atoms with Gasteiger partial charge in [0.25, 0.3) is 11.8 Å². The lowest BCUT2D eigenvalue weighted by molar-refractivity contribution is -0.137. The van der Waals surface area contributed by atoms with E-state index in [0.29, 0.717) is 17.0 Å². The van der Waals surface area contributed by atoms with Gasteiger partial charge in [-0.05, 0) is 24.3 Å². The summed E-state index contributed by atoms with van der Waals surface area (Å²) in [5, 5.41) is 2.53. The fourth-order valence-electron chi connectivity index (χ4n) is 2.36. The highest BCUT2D eigenvalue weighted by Crippen LogP contribution is 2.21. The van der Waals surface area contributed by atoms with E-state index in [2.05, 4.69) is 24.0 Å². The second kappa shape index (κ2) is 7.66. The number of pyridine rings is 1. The molecule has 1 unspecified atom stereocenters. The minimum Gasteiger partial charge on any atom is -0.365 e. The van der Waals surface area contributed by atoms with Gasteiger partial charge in [0.05, 0.1) is 11.7 Å². The molecular weight excluding hydrogens is 356 g/mol. The highest BCUT2D eigenvalue weighted by molar-refractivity contribution is 6.99. The first-order valence-corrected chi connectivity index (χ1v) is 8.29. The van der Waals surface area contributed by atoms with Crippen LogP contribution in [0.2, 0.25) is 0 Å². The van der Waals surface area contributed by atoms with Crippen LogP contribution in [0, 0.1) is 0 Å². The van der Waals surface area contributed by atoms with E-state index >= 15 is 0 Å². The summed E-state index contributed by atoms with van der Waals surface area (Å²) >= 11 is 0.873. The number of carbonyl (C=O) groups is 3. The Kier molecular flexibility index (Phi) is 5.13. The Morgan fingerprint density at radius 2 is 1.96 bits per heavy atom. The van der Waals surface area contributed by atoms with Crippen LogP contribution in [-0.2, 0) is 16.0 Å². The second-order valence-corrected chi connectivity index (χ2v) is 5.88. The highest BCUT2D eigenvalue weighted by atomic mass is 32.1. The zero-order valence-electron chi connectivity index (χ0n) is 13.4. The van der Waals surface area contributed by atoms with Gasteiger partial charge in [-0.15, -0.1) is 0 Å². The van der Waals surface area contributed by atoms with Crippen LogP contribution in [0.15, 0.2) is 42.9 Å². The van der Waals surface area contributed by atoms with Crippen molar-refractivity contribution in [3.05, 3.63) is 54.2 Å². The lowest BCUT2D eigenvalue weighted by Gasteiger charge is -2.15. The number of rotatable bonds is 7. The molecule has 2 amide bonds. The molecule has 0 aliphatic heterocycles. The topological polar surface area (TPSA) is 144 Å². The van der Waals surface area contributed by atoms with Gasteiger partial charge in [-0.25, -0.2) is 0 Å². The molecule has 0 aromatic carbocycles. The summed E-state index contributed by atoms with van der Waals surface area (Å²) < 4.78 is 8.14. The molecule has 9 nitrogen and oxygen atoms in total. The average Bonchev–Trinajstić information content (AvgIpc) is 3.32. The lowest BCUT2D eigenvalue weighted by Crippen LogP contribution is -2.47. The number of hydrogen-bond donors (Lipinski definition) is 3. The number of carbonyl (C=O) groups excluding carboxylic acids is 3. The maximum atomic E-state index is 12.6. The predicted octanol–water partition coefficient (Wildman–Crippen LogP) is 0.324. The molecule has 0 saturated heterocycles. The molecule has 4 N–H and O–H groups in total. The van der Waals surface area contributed by atoms with Crippen LogP contribution in [0.4, 0.5) is 0 Å². The normalized spacial score (nSPS) is 11.7. The van der Waals surface area contributed by atoms with Crippen LogP contribution in [-0.4, -0.2) is 42.4 Å². The minimum atomic E-state index is -1.12. The van der Waals surface area contributed by atoms with Crippen molar-refractivity contribution in [3.63, 3.8) is 0 Å². The van der Waals surface area contributed by atoms with E-state index in [1.807, 2.05) is 0 Å². The van der Waals surface area contributed by atoms with Gasteiger partial charge in [0.15, 0.2) is 5.69 Å². The summed E-state index contributed by atoms with van der Waals surface area (Å²) in [5.41, 5.74) is 6.88. The second-order valence-electron chi connectivity index (χ2n) is 5.35. The Hall–Kier alpha value is -3.40. The van der Waals surface area contributed by atoms with Crippen LogP contribution >= 0.6 is 11.7 Å². The third kappa shape index (κ3) is 3.81. The van der Waals surface area contributed by atoms with Gasteiger partial charge in [0.1, 0.15) is 11.7 Å². The quantitative estimate of drug-likeness (QED) is 0.511. The maximum absolute atomic E-state index is 12.6. The standard InChI is InChI=1S/C16H14N6O3S/c17-15(24)14(23)11(8-10-2-1-5-19-10)20-16(25)13-12(21-26-22-13)9-3-6-18-7-4-9/h1-7,11,19H,8H2,(H2,17,24)(H,20,25). The van der Waals surface area contributed by atoms with Gasteiger partial charge in [-0.3, -0.25) is 19.4 Å². The Balaban J connectivity index is 1.83. The van der Waals surface area contributed by atoms with E-state index < -0.39 is 23.6 Å². The van der Waals surface area contributed by atoms with Crippen LogP contribution < -0.4 is 11.1 Å². The van der Waals surface area contributed by atoms with Crippen LogP contribution in [0.5, 0.6) is 0 Å². The zero-order chi connectivity index (χ0) is 18.5. The summed E-state index contributed by atoms with van der Waals surface area (Å²) in [7, 11) is 0. The molecule has 0 radical (unpaired) electrons. The summed E-state index contributed by atoms with van der Waals surface area (Å²) in [6, 6.07) is 5.76. The summed E-state index contributed by atoms with van der Waals surface area (Å²) in [4.78, 5) is 42.9. The van der Waals surface area contributed by atoms with Crippen molar-refractivity contribution in [2.24, 2.45) is 5.73 Å². The third-order valence-electron chi connectivity index (χ3n) is 3.61. The highest BCUT2D eigenvalue weighted by Gasteiger charge is 2.28. The number of nitrogens with zero attached hydrogens (tertiary/aromatic N) is 3. The van der Waals surface area contributed by atoms with Crippen LogP contribution in [0.1, 0.15) is 16.2 Å². The Morgan fingerprint density at radius 1 is 1.19 bits per heavy atom. The largest absolute Gasteiger partial charge is 0.365 e. The summed E-state index contributed by atoms with van der Waals surface area (Å²) in [6.07, 6.45) is 4.92. The van der Waals surface area contributed by atoms with E-state index in [-0.39, 0.29) is 12.1 Å². The molecule has 0 fully saturated rings. The molecule has 0 aliphatic rings. The molecule has 132 valence electrons. The van der Waals surface area contributed by atoms with Gasteiger partial charge in [0.2, 0.25) is 5.78 Å². The van der Waals surface area contributed by atoms with Crippen molar-refractivity contribution in [1.82, 2.24) is 24.0 Å². The predicted molar refractivity (Wildman–Crippen MR) is 93.1 cm³/mol.